The molecule has 2 aromatic rings. The smallest absolute Gasteiger partial charge is 0.272 e. The summed E-state index contributed by atoms with van der Waals surface area (Å²) in [5.74, 6) is 0.637. The second-order valence-corrected chi connectivity index (χ2v) is 6.94. The minimum Gasteiger partial charge on any atom is -0.372 e. The second kappa shape index (κ2) is 8.84. The van der Waals surface area contributed by atoms with E-state index in [4.69, 9.17) is 0 Å². The molecule has 1 aromatic carbocycles. The van der Waals surface area contributed by atoms with E-state index in [0.29, 0.717) is 11.5 Å². The number of rotatable bonds is 6. The largest absolute Gasteiger partial charge is 0.372 e. The molecule has 0 spiro atoms. The van der Waals surface area contributed by atoms with Crippen LogP contribution in [0.3, 0.4) is 0 Å². The zero-order valence-corrected chi connectivity index (χ0v) is 16.5. The lowest BCUT2D eigenvalue weighted by Gasteiger charge is -2.26. The lowest BCUT2D eigenvalue weighted by atomic mass is 10.1. The van der Waals surface area contributed by atoms with E-state index in [1.807, 2.05) is 4.90 Å². The van der Waals surface area contributed by atoms with Gasteiger partial charge in [-0.15, -0.1) is 0 Å². The molecule has 1 N–H and O–H groups in total. The van der Waals surface area contributed by atoms with Gasteiger partial charge in [0.15, 0.2) is 0 Å². The average Bonchev–Trinajstić information content (AvgIpc) is 2.71. The van der Waals surface area contributed by atoms with Gasteiger partial charge in [0.1, 0.15) is 17.8 Å². The lowest BCUT2D eigenvalue weighted by molar-refractivity contribution is 0.0718. The summed E-state index contributed by atoms with van der Waals surface area (Å²) < 4.78 is 0. The monoisotopic (exact) mass is 367 g/mol. The van der Waals surface area contributed by atoms with Crippen molar-refractivity contribution in [3.8, 4) is 0 Å². The maximum absolute atomic E-state index is 12.7. The summed E-state index contributed by atoms with van der Waals surface area (Å²) in [6.07, 6.45) is 4.79. The van der Waals surface area contributed by atoms with Crippen LogP contribution in [0, 0.1) is 6.92 Å². The standard InChI is InChI=1S/C21H29N5O/c1-4-25(5-2)17-9-10-18(16(3)13-17)24-20-14-19(22-15-23-20)21(27)26-11-7-6-8-12-26/h9-10,13-15H,4-8,11-12H2,1-3H3,(H,22,23,24). The van der Waals surface area contributed by atoms with E-state index >= 15 is 0 Å². The molecular formula is C21H29N5O. The molecule has 6 nitrogen and oxygen atoms in total. The van der Waals surface area contributed by atoms with Gasteiger partial charge in [-0.2, -0.15) is 0 Å². The molecule has 0 radical (unpaired) electrons. The topological polar surface area (TPSA) is 61.4 Å². The molecule has 27 heavy (non-hydrogen) atoms. The second-order valence-electron chi connectivity index (χ2n) is 6.94. The molecule has 0 saturated carbocycles. The zero-order valence-electron chi connectivity index (χ0n) is 16.5. The van der Waals surface area contributed by atoms with Crippen molar-refractivity contribution in [2.24, 2.45) is 0 Å². The van der Waals surface area contributed by atoms with Gasteiger partial charge in [0.2, 0.25) is 0 Å². The van der Waals surface area contributed by atoms with Crippen molar-refractivity contribution in [3.63, 3.8) is 0 Å². The van der Waals surface area contributed by atoms with Gasteiger partial charge in [0.05, 0.1) is 0 Å². The van der Waals surface area contributed by atoms with Crippen LogP contribution < -0.4 is 10.2 Å². The molecule has 144 valence electrons. The van der Waals surface area contributed by atoms with Crippen molar-refractivity contribution in [1.82, 2.24) is 14.9 Å². The number of carbonyl (C=O) groups is 1. The number of anilines is 3. The van der Waals surface area contributed by atoms with E-state index in [-0.39, 0.29) is 5.91 Å². The quantitative estimate of drug-likeness (QED) is 0.836. The minimum atomic E-state index is -0.00578. The lowest BCUT2D eigenvalue weighted by Crippen LogP contribution is -2.36. The van der Waals surface area contributed by atoms with Crippen molar-refractivity contribution < 1.29 is 4.79 Å². The zero-order chi connectivity index (χ0) is 19.2. The molecule has 2 heterocycles. The van der Waals surface area contributed by atoms with E-state index < -0.39 is 0 Å². The molecule has 3 rings (SSSR count). The van der Waals surface area contributed by atoms with Gasteiger partial charge in [-0.1, -0.05) is 0 Å². The number of aromatic nitrogens is 2. The average molecular weight is 367 g/mol. The van der Waals surface area contributed by atoms with Crippen molar-refractivity contribution in [2.45, 2.75) is 40.0 Å². The molecule has 1 aromatic heterocycles. The van der Waals surface area contributed by atoms with Crippen molar-refractivity contribution >= 4 is 23.1 Å². The van der Waals surface area contributed by atoms with Gasteiger partial charge in [-0.3, -0.25) is 4.79 Å². The molecule has 0 bridgehead atoms. The Bertz CT molecular complexity index is 782. The molecule has 6 heteroatoms. The highest BCUT2D eigenvalue weighted by Crippen LogP contribution is 2.25. The van der Waals surface area contributed by atoms with Crippen molar-refractivity contribution in [1.29, 1.82) is 0 Å². The van der Waals surface area contributed by atoms with Crippen LogP contribution in [0.5, 0.6) is 0 Å². The first-order valence-electron chi connectivity index (χ1n) is 9.86. The normalized spacial score (nSPS) is 14.1. The molecular weight excluding hydrogens is 338 g/mol. The van der Waals surface area contributed by atoms with Crippen LogP contribution in [-0.4, -0.2) is 47.0 Å². The summed E-state index contributed by atoms with van der Waals surface area (Å²) in [6, 6.07) is 8.10. The molecule has 1 fully saturated rings. The first-order valence-corrected chi connectivity index (χ1v) is 9.86. The number of nitrogens with zero attached hydrogens (tertiary/aromatic N) is 4. The number of piperidine rings is 1. The molecule has 0 atom stereocenters. The van der Waals surface area contributed by atoms with Gasteiger partial charge in [-0.25, -0.2) is 9.97 Å². The van der Waals surface area contributed by atoms with Crippen molar-refractivity contribution in [3.05, 3.63) is 41.9 Å². The summed E-state index contributed by atoms with van der Waals surface area (Å²) in [6.45, 7) is 10.00. The third-order valence-corrected chi connectivity index (χ3v) is 5.13. The van der Waals surface area contributed by atoms with Gasteiger partial charge >= 0.3 is 0 Å². The first kappa shape index (κ1) is 19.1. The summed E-state index contributed by atoms with van der Waals surface area (Å²) in [7, 11) is 0. The fourth-order valence-corrected chi connectivity index (χ4v) is 3.51. The summed E-state index contributed by atoms with van der Waals surface area (Å²) in [4.78, 5) is 25.3. The number of benzene rings is 1. The molecule has 0 aliphatic carbocycles. The Kier molecular flexibility index (Phi) is 6.27. The number of carbonyl (C=O) groups excluding carboxylic acids is 1. The molecule has 1 amide bonds. The van der Waals surface area contributed by atoms with Crippen LogP contribution in [-0.2, 0) is 0 Å². The van der Waals surface area contributed by atoms with E-state index in [0.717, 1.165) is 50.3 Å². The fraction of sp³-hybridized carbons (Fsp3) is 0.476. The number of hydrogen-bond acceptors (Lipinski definition) is 5. The number of aryl methyl sites for hydroxylation is 1. The Labute approximate surface area is 161 Å². The third kappa shape index (κ3) is 4.56. The Morgan fingerprint density at radius 2 is 1.85 bits per heavy atom. The van der Waals surface area contributed by atoms with Crippen LogP contribution in [0.15, 0.2) is 30.6 Å². The summed E-state index contributed by atoms with van der Waals surface area (Å²) in [5, 5.41) is 3.33. The number of amides is 1. The van der Waals surface area contributed by atoms with Crippen LogP contribution in [0.25, 0.3) is 0 Å². The van der Waals surface area contributed by atoms with Gasteiger partial charge in [0, 0.05) is 43.6 Å². The SMILES string of the molecule is CCN(CC)c1ccc(Nc2cc(C(=O)N3CCCCC3)ncn2)c(C)c1. The van der Waals surface area contributed by atoms with E-state index in [1.165, 1.54) is 18.4 Å². The van der Waals surface area contributed by atoms with E-state index in [2.05, 4.69) is 59.2 Å². The van der Waals surface area contributed by atoms with Crippen LogP contribution in [0.1, 0.15) is 49.2 Å². The third-order valence-electron chi connectivity index (χ3n) is 5.13. The molecule has 1 aliphatic heterocycles. The fourth-order valence-electron chi connectivity index (χ4n) is 3.51. The maximum Gasteiger partial charge on any atom is 0.272 e. The number of nitrogens with one attached hydrogen (secondary N) is 1. The van der Waals surface area contributed by atoms with Crippen LogP contribution in [0.2, 0.25) is 0 Å². The van der Waals surface area contributed by atoms with Gasteiger partial charge in [0.25, 0.3) is 5.91 Å². The first-order chi connectivity index (χ1) is 13.1. The highest BCUT2D eigenvalue weighted by atomic mass is 16.2. The predicted octanol–water partition coefficient (Wildman–Crippen LogP) is 4.00. The molecule has 0 unspecified atom stereocenters. The van der Waals surface area contributed by atoms with Gasteiger partial charge < -0.3 is 15.1 Å². The Balaban J connectivity index is 1.75. The predicted molar refractivity (Wildman–Crippen MR) is 110 cm³/mol. The molecule has 1 saturated heterocycles. The minimum absolute atomic E-state index is 0.00578. The Morgan fingerprint density at radius 1 is 1.11 bits per heavy atom. The van der Waals surface area contributed by atoms with E-state index in [1.54, 1.807) is 6.07 Å². The Morgan fingerprint density at radius 3 is 2.52 bits per heavy atom. The van der Waals surface area contributed by atoms with Gasteiger partial charge in [-0.05, 0) is 63.8 Å². The number of likely N-dealkylation sites (tertiary alicyclic amines) is 1. The summed E-state index contributed by atoms with van der Waals surface area (Å²) >= 11 is 0. The van der Waals surface area contributed by atoms with Crippen molar-refractivity contribution in [2.75, 3.05) is 36.4 Å². The van der Waals surface area contributed by atoms with Crippen LogP contribution >= 0.6 is 0 Å². The highest BCUT2D eigenvalue weighted by molar-refractivity contribution is 5.93. The highest BCUT2D eigenvalue weighted by Gasteiger charge is 2.19. The number of hydrogen-bond donors (Lipinski definition) is 1. The summed E-state index contributed by atoms with van der Waals surface area (Å²) in [5.41, 5.74) is 3.79. The van der Waals surface area contributed by atoms with E-state index in [9.17, 15) is 4.79 Å². The molecule has 1 aliphatic rings. The maximum atomic E-state index is 12.7. The Hall–Kier alpha value is -2.63. The van der Waals surface area contributed by atoms with Crippen LogP contribution in [0.4, 0.5) is 17.2 Å².